The lowest BCUT2D eigenvalue weighted by Gasteiger charge is -2.22. The smallest absolute Gasteiger partial charge is 0.322 e. The molecule has 0 aliphatic heterocycles. The van der Waals surface area contributed by atoms with Gasteiger partial charge in [0.2, 0.25) is 0 Å². The molecule has 7 heteroatoms. The van der Waals surface area contributed by atoms with Crippen molar-refractivity contribution >= 4 is 29.0 Å². The van der Waals surface area contributed by atoms with Gasteiger partial charge in [-0.3, -0.25) is 4.79 Å². The van der Waals surface area contributed by atoms with E-state index in [1.54, 1.807) is 10.3 Å². The van der Waals surface area contributed by atoms with Gasteiger partial charge in [0.15, 0.2) is 0 Å². The van der Waals surface area contributed by atoms with Crippen LogP contribution >= 0.6 is 11.3 Å². The first kappa shape index (κ1) is 22.9. The molecule has 0 fully saturated rings. The zero-order valence-electron chi connectivity index (χ0n) is 17.9. The second-order valence-corrected chi connectivity index (χ2v) is 8.20. The molecular formula is C22H32N4O2S. The Kier molecular flexibility index (Phi) is 9.12. The molecule has 0 atom stereocenters. The number of carbonyl (C=O) groups is 2. The number of rotatable bonds is 10. The van der Waals surface area contributed by atoms with Crippen LogP contribution in [0.15, 0.2) is 23.6 Å². The van der Waals surface area contributed by atoms with Crippen molar-refractivity contribution < 1.29 is 9.59 Å². The third-order valence-electron chi connectivity index (χ3n) is 4.62. The fraction of sp³-hybridized carbons (Fsp3) is 0.500. The molecule has 6 nitrogen and oxygen atoms in total. The molecule has 0 saturated heterocycles. The van der Waals surface area contributed by atoms with Crippen molar-refractivity contribution in [2.45, 2.75) is 59.9 Å². The molecule has 158 valence electrons. The quantitative estimate of drug-likeness (QED) is 0.528. The summed E-state index contributed by atoms with van der Waals surface area (Å²) in [4.78, 5) is 31.3. The monoisotopic (exact) mass is 416 g/mol. The van der Waals surface area contributed by atoms with Crippen molar-refractivity contribution in [1.82, 2.24) is 15.2 Å². The van der Waals surface area contributed by atoms with Crippen LogP contribution in [0.4, 0.5) is 10.5 Å². The predicted molar refractivity (Wildman–Crippen MR) is 120 cm³/mol. The van der Waals surface area contributed by atoms with E-state index in [0.29, 0.717) is 25.3 Å². The second kappa shape index (κ2) is 11.6. The molecule has 0 aliphatic rings. The highest BCUT2D eigenvalue weighted by Gasteiger charge is 2.18. The lowest BCUT2D eigenvalue weighted by molar-refractivity contribution is 0.0948. The summed E-state index contributed by atoms with van der Waals surface area (Å²) in [5.41, 5.74) is 3.44. The van der Waals surface area contributed by atoms with Crippen LogP contribution in [0.5, 0.6) is 0 Å². The van der Waals surface area contributed by atoms with Gasteiger partial charge in [0.1, 0.15) is 10.7 Å². The molecule has 1 heterocycles. The summed E-state index contributed by atoms with van der Waals surface area (Å²) in [5.74, 6) is -0.152. The van der Waals surface area contributed by atoms with Gasteiger partial charge >= 0.3 is 6.03 Å². The average Bonchev–Trinajstić information content (AvgIpc) is 3.16. The molecule has 0 saturated carbocycles. The van der Waals surface area contributed by atoms with Gasteiger partial charge in [0.05, 0.1) is 6.54 Å². The minimum atomic E-state index is -0.152. The molecule has 0 unspecified atom stereocenters. The van der Waals surface area contributed by atoms with Gasteiger partial charge in [-0.15, -0.1) is 11.3 Å². The normalized spacial score (nSPS) is 10.6. The fourth-order valence-corrected chi connectivity index (χ4v) is 3.66. The van der Waals surface area contributed by atoms with E-state index in [9.17, 15) is 9.59 Å². The van der Waals surface area contributed by atoms with E-state index < -0.39 is 0 Å². The van der Waals surface area contributed by atoms with Crippen LogP contribution in [0.25, 0.3) is 0 Å². The third-order valence-corrected chi connectivity index (χ3v) is 5.45. The lowest BCUT2D eigenvalue weighted by Crippen LogP contribution is -2.35. The maximum Gasteiger partial charge on any atom is 0.322 e. The number of unbranched alkanes of at least 4 members (excludes halogenated alkanes) is 2. The fourth-order valence-electron chi connectivity index (χ4n) is 2.87. The molecular weight excluding hydrogens is 384 g/mol. The Morgan fingerprint density at radius 1 is 1.14 bits per heavy atom. The van der Waals surface area contributed by atoms with E-state index in [2.05, 4.69) is 35.5 Å². The number of hydrogen-bond acceptors (Lipinski definition) is 4. The van der Waals surface area contributed by atoms with Gasteiger partial charge in [-0.2, -0.15) is 0 Å². The van der Waals surface area contributed by atoms with Crippen LogP contribution in [0.1, 0.15) is 66.2 Å². The number of urea groups is 1. The Labute approximate surface area is 177 Å². The summed E-state index contributed by atoms with van der Waals surface area (Å²) < 4.78 is 0. The van der Waals surface area contributed by atoms with Gasteiger partial charge < -0.3 is 15.5 Å². The molecule has 2 aromatic rings. The van der Waals surface area contributed by atoms with Crippen molar-refractivity contribution in [2.75, 3.05) is 18.4 Å². The Hall–Kier alpha value is -2.41. The first-order valence-electron chi connectivity index (χ1n) is 10.3. The van der Waals surface area contributed by atoms with E-state index in [4.69, 9.17) is 0 Å². The Bertz CT molecular complexity index is 819. The van der Waals surface area contributed by atoms with E-state index in [0.717, 1.165) is 47.5 Å². The molecule has 3 amide bonds. The first-order valence-corrected chi connectivity index (χ1v) is 11.2. The molecule has 2 N–H and O–H groups in total. The number of nitrogens with one attached hydrogen (secondary N) is 2. The number of carbonyl (C=O) groups excluding carboxylic acids is 2. The highest BCUT2D eigenvalue weighted by molar-refractivity contribution is 7.09. The summed E-state index contributed by atoms with van der Waals surface area (Å²) in [6.45, 7) is 9.90. The lowest BCUT2D eigenvalue weighted by atomic mass is 10.1. The van der Waals surface area contributed by atoms with Crippen LogP contribution in [0.3, 0.4) is 0 Å². The van der Waals surface area contributed by atoms with Crippen LogP contribution in [0.2, 0.25) is 0 Å². The minimum absolute atomic E-state index is 0.144. The summed E-state index contributed by atoms with van der Waals surface area (Å²) >= 11 is 1.41. The number of thiazole rings is 1. The Morgan fingerprint density at radius 3 is 2.59 bits per heavy atom. The van der Waals surface area contributed by atoms with E-state index in [1.807, 2.05) is 26.0 Å². The number of hydrogen-bond donors (Lipinski definition) is 2. The summed E-state index contributed by atoms with van der Waals surface area (Å²) in [6.07, 6.45) is 3.89. The zero-order valence-corrected chi connectivity index (χ0v) is 18.7. The average molecular weight is 417 g/mol. The second-order valence-electron chi connectivity index (χ2n) is 7.26. The molecule has 0 aliphatic carbocycles. The maximum absolute atomic E-state index is 12.9. The number of nitrogens with zero attached hydrogens (tertiary/aromatic N) is 2. The summed E-state index contributed by atoms with van der Waals surface area (Å²) in [6, 6.07) is 5.83. The zero-order chi connectivity index (χ0) is 21.2. The Balaban J connectivity index is 2.04. The van der Waals surface area contributed by atoms with Gasteiger partial charge in [0, 0.05) is 24.2 Å². The summed E-state index contributed by atoms with van der Waals surface area (Å²) in [5, 5.41) is 8.42. The van der Waals surface area contributed by atoms with Crippen molar-refractivity contribution in [1.29, 1.82) is 0 Å². The molecule has 0 radical (unpaired) electrons. The van der Waals surface area contributed by atoms with Crippen molar-refractivity contribution in [3.63, 3.8) is 0 Å². The molecule has 1 aromatic heterocycles. The predicted octanol–water partition coefficient (Wildman–Crippen LogP) is 5.12. The van der Waals surface area contributed by atoms with E-state index in [1.165, 1.54) is 11.3 Å². The van der Waals surface area contributed by atoms with Crippen LogP contribution < -0.4 is 10.6 Å². The maximum atomic E-state index is 12.9. The molecule has 2 rings (SSSR count). The number of aryl methyl sites for hydroxylation is 2. The van der Waals surface area contributed by atoms with Crippen molar-refractivity contribution in [2.24, 2.45) is 0 Å². The highest BCUT2D eigenvalue weighted by atomic mass is 32.1. The van der Waals surface area contributed by atoms with E-state index in [-0.39, 0.29) is 11.9 Å². The number of anilines is 1. The van der Waals surface area contributed by atoms with Crippen LogP contribution in [0, 0.1) is 13.8 Å². The number of amides is 3. The number of aromatic nitrogens is 1. The molecule has 1 aromatic carbocycles. The standard InChI is InChI=1S/C22H32N4O2S/c1-5-7-11-23-21(27)19-15-29-20(24-19)14-26(12-8-6-2)22(28)25-18-10-9-16(3)13-17(18)4/h9-10,13,15H,5-8,11-12,14H2,1-4H3,(H,23,27)(H,25,28). The SMILES string of the molecule is CCCCNC(=O)c1csc(CN(CCCC)C(=O)Nc2ccc(C)cc2C)n1. The minimum Gasteiger partial charge on any atom is -0.351 e. The molecule has 29 heavy (non-hydrogen) atoms. The highest BCUT2D eigenvalue weighted by Crippen LogP contribution is 2.18. The topological polar surface area (TPSA) is 74.3 Å². The van der Waals surface area contributed by atoms with Gasteiger partial charge in [-0.25, -0.2) is 9.78 Å². The first-order chi connectivity index (χ1) is 13.9. The largest absolute Gasteiger partial charge is 0.351 e. The summed E-state index contributed by atoms with van der Waals surface area (Å²) in [7, 11) is 0. The van der Waals surface area contributed by atoms with Crippen LogP contribution in [-0.4, -0.2) is 34.9 Å². The molecule has 0 spiro atoms. The van der Waals surface area contributed by atoms with Gasteiger partial charge in [-0.05, 0) is 38.3 Å². The van der Waals surface area contributed by atoms with Gasteiger partial charge in [0.25, 0.3) is 5.91 Å². The third kappa shape index (κ3) is 7.16. The van der Waals surface area contributed by atoms with Crippen molar-refractivity contribution in [3.8, 4) is 0 Å². The van der Waals surface area contributed by atoms with E-state index >= 15 is 0 Å². The number of benzene rings is 1. The molecule has 0 bridgehead atoms. The Morgan fingerprint density at radius 2 is 1.90 bits per heavy atom. The van der Waals surface area contributed by atoms with Crippen molar-refractivity contribution in [3.05, 3.63) is 45.4 Å². The van der Waals surface area contributed by atoms with Gasteiger partial charge in [-0.1, -0.05) is 44.4 Å². The van der Waals surface area contributed by atoms with Crippen LogP contribution in [-0.2, 0) is 6.54 Å².